The van der Waals surface area contributed by atoms with Crippen LogP contribution in [-0.2, 0) is 41.9 Å². The molecule has 4 atom stereocenters. The van der Waals surface area contributed by atoms with Crippen LogP contribution in [0.15, 0.2) is 11.0 Å². The molecule has 3 rings (SSSR count). The minimum Gasteiger partial charge on any atom is -0.437 e. The standard InChI is InChI=1S/C22H33FN3O11PS/c1-20(2,3)17(29)32-10-35-38(31,36-11-33-18(30)21(4,5)6)34-8-13-14(27)22(9-24-22)16(37-13)26-7-12(23)15(28)25-19(26)39/h7,13-14,16,24,27H,8-11H2,1-6H3,(H,25,28,39)/t13-,14?,16?,22+/m1/s1. The highest BCUT2D eigenvalue weighted by Gasteiger charge is 2.64. The Kier molecular flexibility index (Phi) is 9.24. The Morgan fingerprint density at radius 3 is 2.13 bits per heavy atom. The molecule has 0 saturated carbocycles. The number of carbonyl (C=O) groups excluding carboxylic acids is 2. The number of esters is 2. The first kappa shape index (κ1) is 31.5. The lowest BCUT2D eigenvalue weighted by Crippen LogP contribution is -2.39. The molecule has 2 fully saturated rings. The predicted molar refractivity (Wildman–Crippen MR) is 133 cm³/mol. The molecule has 39 heavy (non-hydrogen) atoms. The molecule has 0 amide bonds. The van der Waals surface area contributed by atoms with Gasteiger partial charge >= 0.3 is 19.8 Å². The Labute approximate surface area is 228 Å². The monoisotopic (exact) mass is 597 g/mol. The average Bonchev–Trinajstić information content (AvgIpc) is 3.57. The summed E-state index contributed by atoms with van der Waals surface area (Å²) in [5.41, 5.74) is -3.85. The minimum atomic E-state index is -4.55. The minimum absolute atomic E-state index is 0.146. The van der Waals surface area contributed by atoms with E-state index in [1.54, 1.807) is 41.5 Å². The first-order valence-electron chi connectivity index (χ1n) is 11.9. The van der Waals surface area contributed by atoms with Crippen LogP contribution < -0.4 is 10.9 Å². The van der Waals surface area contributed by atoms with Gasteiger partial charge in [-0.05, 0) is 53.8 Å². The lowest BCUT2D eigenvalue weighted by atomic mass is 9.98. The summed E-state index contributed by atoms with van der Waals surface area (Å²) >= 11 is 5.11. The smallest absolute Gasteiger partial charge is 0.437 e. The summed E-state index contributed by atoms with van der Waals surface area (Å²) in [6, 6.07) is 0. The number of aliphatic hydroxyl groups excluding tert-OH is 1. The highest BCUT2D eigenvalue weighted by Crippen LogP contribution is 2.51. The van der Waals surface area contributed by atoms with Gasteiger partial charge in [-0.15, -0.1) is 0 Å². The highest BCUT2D eigenvalue weighted by molar-refractivity contribution is 7.71. The molecule has 0 radical (unpaired) electrons. The van der Waals surface area contributed by atoms with Crippen LogP contribution in [0.5, 0.6) is 0 Å². The van der Waals surface area contributed by atoms with Crippen molar-refractivity contribution in [3.05, 3.63) is 27.1 Å². The summed E-state index contributed by atoms with van der Waals surface area (Å²) in [6.07, 6.45) is -2.61. The maximum Gasteiger partial charge on any atom is 0.480 e. The third-order valence-corrected chi connectivity index (χ3v) is 7.43. The first-order chi connectivity index (χ1) is 17.9. The summed E-state index contributed by atoms with van der Waals surface area (Å²) in [4.78, 5) is 37.8. The zero-order valence-corrected chi connectivity index (χ0v) is 24.1. The van der Waals surface area contributed by atoms with Gasteiger partial charge < -0.3 is 24.6 Å². The second kappa shape index (κ2) is 11.4. The maximum atomic E-state index is 14.0. The molecule has 2 aliphatic heterocycles. The first-order valence-corrected chi connectivity index (χ1v) is 13.7. The van der Waals surface area contributed by atoms with Crippen molar-refractivity contribution in [2.75, 3.05) is 26.7 Å². The molecule has 0 aliphatic carbocycles. The van der Waals surface area contributed by atoms with Crippen molar-refractivity contribution < 1.29 is 51.4 Å². The second-order valence-electron chi connectivity index (χ2n) is 11.1. The van der Waals surface area contributed by atoms with Crippen molar-refractivity contribution in [2.24, 2.45) is 10.8 Å². The van der Waals surface area contributed by atoms with Gasteiger partial charge in [0.05, 0.1) is 23.6 Å². The average molecular weight is 598 g/mol. The molecule has 1 aromatic heterocycles. The van der Waals surface area contributed by atoms with Crippen LogP contribution in [0.4, 0.5) is 4.39 Å². The van der Waals surface area contributed by atoms with Gasteiger partial charge in [-0.25, -0.2) is 13.6 Å². The van der Waals surface area contributed by atoms with E-state index in [0.29, 0.717) is 0 Å². The molecule has 0 bridgehead atoms. The fourth-order valence-electron chi connectivity index (χ4n) is 3.40. The van der Waals surface area contributed by atoms with E-state index in [-0.39, 0.29) is 11.3 Å². The lowest BCUT2D eigenvalue weighted by Gasteiger charge is -2.23. The number of hydrogen-bond acceptors (Lipinski definition) is 13. The van der Waals surface area contributed by atoms with Gasteiger partial charge in [0.1, 0.15) is 17.7 Å². The van der Waals surface area contributed by atoms with Crippen LogP contribution in [0.25, 0.3) is 0 Å². The number of phosphoric ester groups is 1. The van der Waals surface area contributed by atoms with Crippen molar-refractivity contribution in [1.29, 1.82) is 0 Å². The van der Waals surface area contributed by atoms with Crippen LogP contribution in [-0.4, -0.2) is 71.1 Å². The number of nitrogens with zero attached hydrogens (tertiary/aromatic N) is 1. The summed E-state index contributed by atoms with van der Waals surface area (Å²) in [5.74, 6) is -2.42. The van der Waals surface area contributed by atoms with E-state index in [2.05, 4.69) is 10.3 Å². The van der Waals surface area contributed by atoms with Crippen LogP contribution in [0.3, 0.4) is 0 Å². The Morgan fingerprint density at radius 1 is 1.15 bits per heavy atom. The van der Waals surface area contributed by atoms with Crippen molar-refractivity contribution in [3.63, 3.8) is 0 Å². The van der Waals surface area contributed by atoms with Crippen LogP contribution in [0.1, 0.15) is 47.8 Å². The molecule has 220 valence electrons. The van der Waals surface area contributed by atoms with Crippen molar-refractivity contribution >= 4 is 32.0 Å². The molecule has 17 heteroatoms. The van der Waals surface area contributed by atoms with Crippen molar-refractivity contribution in [1.82, 2.24) is 14.9 Å². The van der Waals surface area contributed by atoms with Gasteiger partial charge in [-0.2, -0.15) is 4.39 Å². The van der Waals surface area contributed by atoms with E-state index in [4.69, 9.17) is 40.0 Å². The molecule has 14 nitrogen and oxygen atoms in total. The Bertz CT molecular complexity index is 1220. The molecular formula is C22H33FN3O11PS. The Balaban J connectivity index is 1.71. The molecular weight excluding hydrogens is 564 g/mol. The fraction of sp³-hybridized carbons (Fsp3) is 0.727. The van der Waals surface area contributed by atoms with Crippen molar-refractivity contribution in [2.45, 2.75) is 65.5 Å². The van der Waals surface area contributed by atoms with E-state index in [1.807, 2.05) is 0 Å². The number of aliphatic hydroxyl groups is 1. The lowest BCUT2D eigenvalue weighted by molar-refractivity contribution is -0.163. The number of halogens is 1. The maximum absolute atomic E-state index is 14.0. The second-order valence-corrected chi connectivity index (χ2v) is 13.2. The zero-order chi connectivity index (χ0) is 29.4. The predicted octanol–water partition coefficient (Wildman–Crippen LogP) is 1.90. The van der Waals surface area contributed by atoms with Crippen LogP contribution in [0, 0.1) is 21.4 Å². The van der Waals surface area contributed by atoms with E-state index in [1.165, 1.54) is 0 Å². The molecule has 1 aromatic rings. The topological polar surface area (TPSA) is 187 Å². The van der Waals surface area contributed by atoms with Gasteiger partial charge in [0.2, 0.25) is 19.4 Å². The number of aromatic nitrogens is 2. The van der Waals surface area contributed by atoms with Gasteiger partial charge in [0, 0.05) is 6.54 Å². The van der Waals surface area contributed by atoms with Crippen LogP contribution >= 0.6 is 20.0 Å². The molecule has 2 saturated heterocycles. The molecule has 3 N–H and O–H groups in total. The fourth-order valence-corrected chi connectivity index (χ4v) is 4.56. The number of ether oxygens (including phenoxy) is 3. The highest BCUT2D eigenvalue weighted by atomic mass is 32.1. The summed E-state index contributed by atoms with van der Waals surface area (Å²) in [7, 11) is -4.55. The van der Waals surface area contributed by atoms with Gasteiger partial charge in [0.25, 0.3) is 5.56 Å². The molecule has 2 unspecified atom stereocenters. The Morgan fingerprint density at radius 2 is 1.67 bits per heavy atom. The van der Waals surface area contributed by atoms with Crippen LogP contribution in [0.2, 0.25) is 0 Å². The third kappa shape index (κ3) is 7.38. The quantitative estimate of drug-likeness (QED) is 0.117. The summed E-state index contributed by atoms with van der Waals surface area (Å²) in [5, 5.41) is 13.9. The normalized spacial score (nSPS) is 25.1. The van der Waals surface area contributed by atoms with Crippen molar-refractivity contribution in [3.8, 4) is 0 Å². The zero-order valence-electron chi connectivity index (χ0n) is 22.3. The van der Waals surface area contributed by atoms with E-state index in [0.717, 1.165) is 10.8 Å². The number of phosphoric acid groups is 1. The van der Waals surface area contributed by atoms with Gasteiger partial charge in [-0.3, -0.25) is 28.5 Å². The van der Waals surface area contributed by atoms with Gasteiger partial charge in [0.15, 0.2) is 11.0 Å². The third-order valence-electron chi connectivity index (χ3n) is 5.81. The SMILES string of the molecule is CC(C)(C)C(=O)OCOP(=O)(OCOC(=O)C(C)(C)C)OC[C@H]1OC(n2cc(F)c(=O)[nH]c2=S)[C@]2(CN2)C1O. The van der Waals surface area contributed by atoms with Gasteiger partial charge in [-0.1, -0.05) is 0 Å². The molecule has 2 aliphatic rings. The number of carbonyl (C=O) groups is 2. The van der Waals surface area contributed by atoms with E-state index >= 15 is 0 Å². The Hall–Kier alpha value is -2.04. The number of rotatable bonds is 10. The summed E-state index contributed by atoms with van der Waals surface area (Å²) in [6.45, 7) is 7.68. The summed E-state index contributed by atoms with van der Waals surface area (Å²) < 4.78 is 59.6. The number of aromatic amines is 1. The number of H-pyrrole nitrogens is 1. The van der Waals surface area contributed by atoms with E-state index < -0.39 is 86.1 Å². The largest absolute Gasteiger partial charge is 0.480 e. The number of nitrogens with one attached hydrogen (secondary N) is 2. The molecule has 0 aromatic carbocycles. The molecule has 1 spiro atoms. The number of hydrogen-bond donors (Lipinski definition) is 3. The van der Waals surface area contributed by atoms with E-state index in [9.17, 15) is 28.4 Å². The molecule has 3 heterocycles.